The van der Waals surface area contributed by atoms with Crippen molar-refractivity contribution >= 4 is 32.3 Å². The first-order valence-electron chi connectivity index (χ1n) is 6.64. The number of hydrogen-bond acceptors (Lipinski definition) is 6. The van der Waals surface area contributed by atoms with Crippen LogP contribution in [0.5, 0.6) is 0 Å². The number of rotatable bonds is 8. The van der Waals surface area contributed by atoms with Crippen molar-refractivity contribution < 1.29 is 22.7 Å². The zero-order valence-electron chi connectivity index (χ0n) is 12.6. The monoisotopic (exact) mass is 335 g/mol. The number of nitrogens with one attached hydrogen (secondary N) is 1. The van der Waals surface area contributed by atoms with Crippen LogP contribution in [0.25, 0.3) is 0 Å². The second-order valence-electron chi connectivity index (χ2n) is 4.68. The Hall–Kier alpha value is -1.12. The topological polar surface area (TPSA) is 81.7 Å². The lowest BCUT2D eigenvalue weighted by atomic mass is 10.3. The number of ether oxygens (including phenoxy) is 2. The van der Waals surface area contributed by atoms with Crippen molar-refractivity contribution in [2.24, 2.45) is 0 Å². The molecule has 21 heavy (non-hydrogen) atoms. The second kappa shape index (κ2) is 7.77. The molecule has 1 heterocycles. The van der Waals surface area contributed by atoms with E-state index in [0.29, 0.717) is 15.4 Å². The summed E-state index contributed by atoms with van der Waals surface area (Å²) in [6.07, 6.45) is -0.0143. The molecule has 0 aliphatic rings. The summed E-state index contributed by atoms with van der Waals surface area (Å²) in [6, 6.07) is 1.62. The first kappa shape index (κ1) is 17.9. The zero-order valence-corrected chi connectivity index (χ0v) is 14.3. The summed E-state index contributed by atoms with van der Waals surface area (Å²) in [5.74, 6) is -0.565. The van der Waals surface area contributed by atoms with Crippen molar-refractivity contribution in [2.45, 2.75) is 33.8 Å². The average Bonchev–Trinajstić information content (AvgIpc) is 2.68. The first-order chi connectivity index (χ1) is 9.75. The van der Waals surface area contributed by atoms with E-state index in [2.05, 4.69) is 4.72 Å². The molecule has 0 aromatic carbocycles. The molecular formula is C13H21NO5S2. The molecule has 0 aliphatic heterocycles. The van der Waals surface area contributed by atoms with Gasteiger partial charge in [-0.25, -0.2) is 13.2 Å². The maximum atomic E-state index is 11.9. The van der Waals surface area contributed by atoms with Crippen molar-refractivity contribution in [3.05, 3.63) is 16.5 Å². The highest BCUT2D eigenvalue weighted by Gasteiger charge is 2.18. The number of hydrogen-bond donors (Lipinski definition) is 1. The van der Waals surface area contributed by atoms with Gasteiger partial charge >= 0.3 is 5.97 Å². The molecule has 0 saturated carbocycles. The van der Waals surface area contributed by atoms with Gasteiger partial charge in [-0.15, -0.1) is 11.3 Å². The molecule has 8 heteroatoms. The van der Waals surface area contributed by atoms with Gasteiger partial charge in [0.15, 0.2) is 0 Å². The molecule has 0 atom stereocenters. The number of sulfonamides is 1. The molecule has 0 unspecified atom stereocenters. The molecular weight excluding hydrogens is 314 g/mol. The fourth-order valence-corrected chi connectivity index (χ4v) is 3.68. The van der Waals surface area contributed by atoms with Gasteiger partial charge in [0, 0.05) is 0 Å². The quantitative estimate of drug-likeness (QED) is 0.738. The fourth-order valence-electron chi connectivity index (χ4n) is 1.53. The maximum absolute atomic E-state index is 11.9. The number of thiophene rings is 1. The molecule has 1 aromatic heterocycles. The second-order valence-corrected chi connectivity index (χ2v) is 7.58. The molecule has 6 nitrogen and oxygen atoms in total. The highest BCUT2D eigenvalue weighted by atomic mass is 32.2. The van der Waals surface area contributed by atoms with E-state index < -0.39 is 16.0 Å². The number of anilines is 1. The third-order valence-corrected chi connectivity index (χ3v) is 4.93. The van der Waals surface area contributed by atoms with E-state index in [-0.39, 0.29) is 25.1 Å². The fraction of sp³-hybridized carbons (Fsp3) is 0.615. The minimum absolute atomic E-state index is 0.0143. The Morgan fingerprint density at radius 1 is 1.43 bits per heavy atom. The first-order valence-corrected chi connectivity index (χ1v) is 9.11. The SMILES string of the molecule is CCOC(=O)c1sc(NS(=O)(=O)CCOC(C)C)cc1C. The third-order valence-electron chi connectivity index (χ3n) is 2.44. The Bertz CT molecular complexity index is 577. The van der Waals surface area contributed by atoms with Gasteiger partial charge in [0.25, 0.3) is 0 Å². The predicted molar refractivity (Wildman–Crippen MR) is 83.5 cm³/mol. The third kappa shape index (κ3) is 6.03. The summed E-state index contributed by atoms with van der Waals surface area (Å²) in [6.45, 7) is 7.55. The number of aryl methyl sites for hydroxylation is 1. The normalized spacial score (nSPS) is 11.7. The van der Waals surface area contributed by atoms with Crippen LogP contribution in [0.1, 0.15) is 36.0 Å². The molecule has 0 spiro atoms. The molecule has 0 amide bonds. The van der Waals surface area contributed by atoms with Crippen LogP contribution in [-0.4, -0.2) is 39.5 Å². The van der Waals surface area contributed by atoms with E-state index >= 15 is 0 Å². The van der Waals surface area contributed by atoms with Crippen molar-refractivity contribution in [2.75, 3.05) is 23.7 Å². The highest BCUT2D eigenvalue weighted by Crippen LogP contribution is 2.28. The Morgan fingerprint density at radius 3 is 2.67 bits per heavy atom. The molecule has 0 bridgehead atoms. The summed E-state index contributed by atoms with van der Waals surface area (Å²) in [5, 5.41) is 0.403. The molecule has 1 N–H and O–H groups in total. The van der Waals surface area contributed by atoms with E-state index in [9.17, 15) is 13.2 Å². The van der Waals surface area contributed by atoms with Crippen LogP contribution < -0.4 is 4.72 Å². The lowest BCUT2D eigenvalue weighted by Gasteiger charge is -2.08. The summed E-state index contributed by atoms with van der Waals surface area (Å²) in [5.41, 5.74) is 0.689. The number of carbonyl (C=O) groups excluding carboxylic acids is 1. The lowest BCUT2D eigenvalue weighted by molar-refractivity contribution is 0.0531. The van der Waals surface area contributed by atoms with Crippen molar-refractivity contribution in [1.82, 2.24) is 0 Å². The number of esters is 1. The molecule has 0 saturated heterocycles. The molecule has 0 radical (unpaired) electrons. The van der Waals surface area contributed by atoms with Gasteiger partial charge in [0.2, 0.25) is 10.0 Å². The standard InChI is InChI=1S/C13H21NO5S2/c1-5-18-13(15)12-10(4)8-11(20-12)14-21(16,17)7-6-19-9(2)3/h8-9,14H,5-7H2,1-4H3. The summed E-state index contributed by atoms with van der Waals surface area (Å²) < 4.78 is 36.4. The highest BCUT2D eigenvalue weighted by molar-refractivity contribution is 7.92. The van der Waals surface area contributed by atoms with Gasteiger partial charge in [0.05, 0.1) is 25.1 Å². The Morgan fingerprint density at radius 2 is 2.10 bits per heavy atom. The minimum Gasteiger partial charge on any atom is -0.462 e. The molecule has 0 aliphatic carbocycles. The lowest BCUT2D eigenvalue weighted by Crippen LogP contribution is -2.21. The molecule has 0 fully saturated rings. The van der Waals surface area contributed by atoms with Crippen LogP contribution in [0.2, 0.25) is 0 Å². The molecule has 1 rings (SSSR count). The van der Waals surface area contributed by atoms with Crippen LogP contribution >= 0.6 is 11.3 Å². The Balaban J connectivity index is 2.70. The zero-order chi connectivity index (χ0) is 16.0. The van der Waals surface area contributed by atoms with Gasteiger partial charge in [-0.05, 0) is 39.3 Å². The van der Waals surface area contributed by atoms with Crippen molar-refractivity contribution in [3.8, 4) is 0 Å². The van der Waals surface area contributed by atoms with E-state index in [4.69, 9.17) is 9.47 Å². The van der Waals surface area contributed by atoms with E-state index in [0.717, 1.165) is 11.3 Å². The summed E-state index contributed by atoms with van der Waals surface area (Å²) >= 11 is 1.07. The summed E-state index contributed by atoms with van der Waals surface area (Å²) in [7, 11) is -3.49. The Labute approximate surface area is 129 Å². The Kier molecular flexibility index (Phi) is 6.63. The van der Waals surface area contributed by atoms with Crippen LogP contribution in [0, 0.1) is 6.92 Å². The van der Waals surface area contributed by atoms with E-state index in [1.54, 1.807) is 19.9 Å². The van der Waals surface area contributed by atoms with Gasteiger partial charge in [-0.1, -0.05) is 0 Å². The minimum atomic E-state index is -3.49. The van der Waals surface area contributed by atoms with E-state index in [1.807, 2.05) is 13.8 Å². The van der Waals surface area contributed by atoms with Gasteiger partial charge in [0.1, 0.15) is 9.88 Å². The summed E-state index contributed by atoms with van der Waals surface area (Å²) in [4.78, 5) is 12.1. The molecule has 1 aromatic rings. The van der Waals surface area contributed by atoms with Crippen molar-refractivity contribution in [1.29, 1.82) is 0 Å². The van der Waals surface area contributed by atoms with Crippen molar-refractivity contribution in [3.63, 3.8) is 0 Å². The maximum Gasteiger partial charge on any atom is 0.348 e. The number of carbonyl (C=O) groups is 1. The van der Waals surface area contributed by atoms with Crippen LogP contribution in [-0.2, 0) is 19.5 Å². The van der Waals surface area contributed by atoms with Gasteiger partial charge < -0.3 is 9.47 Å². The van der Waals surface area contributed by atoms with Crippen LogP contribution in [0.3, 0.4) is 0 Å². The largest absolute Gasteiger partial charge is 0.462 e. The molecule has 120 valence electrons. The van der Waals surface area contributed by atoms with Gasteiger partial charge in [-0.2, -0.15) is 0 Å². The smallest absolute Gasteiger partial charge is 0.348 e. The predicted octanol–water partition coefficient (Wildman–Crippen LogP) is 2.40. The average molecular weight is 335 g/mol. The van der Waals surface area contributed by atoms with E-state index in [1.165, 1.54) is 0 Å². The van der Waals surface area contributed by atoms with Crippen LogP contribution in [0.15, 0.2) is 6.07 Å². The van der Waals surface area contributed by atoms with Crippen LogP contribution in [0.4, 0.5) is 5.00 Å². The van der Waals surface area contributed by atoms with Gasteiger partial charge in [-0.3, -0.25) is 4.72 Å².